The second-order valence-corrected chi connectivity index (χ2v) is 5.69. The van der Waals surface area contributed by atoms with Crippen molar-refractivity contribution < 1.29 is 4.79 Å². The molecule has 0 aliphatic heterocycles. The molecule has 0 aliphatic carbocycles. The molecule has 1 unspecified atom stereocenters. The Morgan fingerprint density at radius 3 is 2.29 bits per heavy atom. The lowest BCUT2D eigenvalue weighted by Gasteiger charge is -2.27. The molecule has 0 fully saturated rings. The number of rotatable bonds is 6. The molecule has 2 heteroatoms. The molecule has 0 radical (unpaired) electrons. The Morgan fingerprint density at radius 2 is 1.82 bits per heavy atom. The lowest BCUT2D eigenvalue weighted by atomic mass is 9.75. The van der Waals surface area contributed by atoms with Crippen LogP contribution in [0.5, 0.6) is 0 Å². The van der Waals surface area contributed by atoms with Gasteiger partial charge in [-0.05, 0) is 39.2 Å². The Balaban J connectivity index is 2.90. The second-order valence-electron chi connectivity index (χ2n) is 4.90. The van der Waals surface area contributed by atoms with E-state index in [0.29, 0.717) is 0 Å². The van der Waals surface area contributed by atoms with E-state index >= 15 is 0 Å². The molecule has 0 heterocycles. The maximum absolute atomic E-state index is 11.9. The lowest BCUT2D eigenvalue weighted by Crippen LogP contribution is -2.30. The van der Waals surface area contributed by atoms with Crippen LogP contribution in [0, 0.1) is 6.92 Å². The van der Waals surface area contributed by atoms with Crippen molar-refractivity contribution in [3.63, 3.8) is 0 Å². The van der Waals surface area contributed by atoms with E-state index < -0.39 is 0 Å². The number of hydrogen-bond donors (Lipinski definition) is 0. The van der Waals surface area contributed by atoms with Gasteiger partial charge in [-0.15, -0.1) is 0 Å². The SMILES string of the molecule is CC(=O)C(C)(CCCCBr)c1ccc(C)cc1. The van der Waals surface area contributed by atoms with Crippen LogP contribution < -0.4 is 0 Å². The van der Waals surface area contributed by atoms with E-state index in [4.69, 9.17) is 0 Å². The third kappa shape index (κ3) is 3.67. The largest absolute Gasteiger partial charge is 0.299 e. The van der Waals surface area contributed by atoms with Gasteiger partial charge in [0.05, 0.1) is 5.41 Å². The number of carbonyl (C=O) groups is 1. The zero-order valence-corrected chi connectivity index (χ0v) is 12.5. The summed E-state index contributed by atoms with van der Waals surface area (Å²) >= 11 is 3.44. The fourth-order valence-electron chi connectivity index (χ4n) is 2.02. The molecule has 0 N–H and O–H groups in total. The minimum absolute atomic E-state index is 0.260. The zero-order valence-electron chi connectivity index (χ0n) is 10.9. The number of alkyl halides is 1. The number of carbonyl (C=O) groups excluding carboxylic acids is 1. The summed E-state index contributed by atoms with van der Waals surface area (Å²) in [4.78, 5) is 11.9. The molecule has 1 nitrogen and oxygen atoms in total. The number of Topliss-reactive ketones (excluding diaryl/α,β-unsaturated/α-hetero) is 1. The van der Waals surface area contributed by atoms with Gasteiger partial charge < -0.3 is 0 Å². The highest BCUT2D eigenvalue weighted by Crippen LogP contribution is 2.31. The highest BCUT2D eigenvalue weighted by Gasteiger charge is 2.30. The van der Waals surface area contributed by atoms with Crippen LogP contribution in [0.4, 0.5) is 0 Å². The van der Waals surface area contributed by atoms with Crippen molar-refractivity contribution in [2.24, 2.45) is 0 Å². The summed E-state index contributed by atoms with van der Waals surface area (Å²) < 4.78 is 0. The van der Waals surface area contributed by atoms with Crippen LogP contribution in [0.15, 0.2) is 24.3 Å². The van der Waals surface area contributed by atoms with E-state index in [1.807, 2.05) is 0 Å². The van der Waals surface area contributed by atoms with Crippen molar-refractivity contribution in [1.29, 1.82) is 0 Å². The van der Waals surface area contributed by atoms with Gasteiger partial charge in [0.2, 0.25) is 0 Å². The van der Waals surface area contributed by atoms with Gasteiger partial charge in [0.15, 0.2) is 0 Å². The number of aryl methyl sites for hydroxylation is 1. The molecular formula is C15H21BrO. The van der Waals surface area contributed by atoms with Crippen LogP contribution in [-0.2, 0) is 10.2 Å². The van der Waals surface area contributed by atoms with Gasteiger partial charge >= 0.3 is 0 Å². The summed E-state index contributed by atoms with van der Waals surface area (Å²) in [5.74, 6) is 0.260. The normalized spacial score (nSPS) is 14.4. The Kier molecular flexibility index (Phi) is 5.38. The van der Waals surface area contributed by atoms with Gasteiger partial charge in [0.25, 0.3) is 0 Å². The van der Waals surface area contributed by atoms with Crippen LogP contribution in [0.25, 0.3) is 0 Å². The van der Waals surface area contributed by atoms with Crippen molar-refractivity contribution in [2.75, 3.05) is 5.33 Å². The van der Waals surface area contributed by atoms with E-state index in [2.05, 4.69) is 54.0 Å². The first-order valence-corrected chi connectivity index (χ1v) is 7.27. The van der Waals surface area contributed by atoms with Gasteiger partial charge in [0.1, 0.15) is 5.78 Å². The third-order valence-corrected chi connectivity index (χ3v) is 4.09. The van der Waals surface area contributed by atoms with Gasteiger partial charge in [0, 0.05) is 5.33 Å². The van der Waals surface area contributed by atoms with Gasteiger partial charge in [-0.1, -0.05) is 52.2 Å². The molecule has 0 bridgehead atoms. The lowest BCUT2D eigenvalue weighted by molar-refractivity contribution is -0.122. The molecular weight excluding hydrogens is 276 g/mol. The minimum atomic E-state index is -0.324. The van der Waals surface area contributed by atoms with Crippen molar-refractivity contribution in [1.82, 2.24) is 0 Å². The van der Waals surface area contributed by atoms with Crippen molar-refractivity contribution in [3.8, 4) is 0 Å². The summed E-state index contributed by atoms with van der Waals surface area (Å²) in [5.41, 5.74) is 2.06. The molecule has 0 amide bonds. The molecule has 0 saturated carbocycles. The molecule has 0 saturated heterocycles. The first-order valence-electron chi connectivity index (χ1n) is 6.15. The summed E-state index contributed by atoms with van der Waals surface area (Å²) in [6.07, 6.45) is 3.13. The molecule has 0 spiro atoms. The summed E-state index contributed by atoms with van der Waals surface area (Å²) in [6.45, 7) is 5.84. The smallest absolute Gasteiger partial charge is 0.140 e. The van der Waals surface area contributed by atoms with Crippen LogP contribution in [0.1, 0.15) is 44.2 Å². The number of unbranched alkanes of at least 4 members (excludes halogenated alkanes) is 1. The maximum atomic E-state index is 11.9. The number of hydrogen-bond acceptors (Lipinski definition) is 1. The highest BCUT2D eigenvalue weighted by molar-refractivity contribution is 9.09. The highest BCUT2D eigenvalue weighted by atomic mass is 79.9. The monoisotopic (exact) mass is 296 g/mol. The van der Waals surface area contributed by atoms with E-state index in [0.717, 1.165) is 30.2 Å². The van der Waals surface area contributed by atoms with Gasteiger partial charge in [-0.2, -0.15) is 0 Å². The first kappa shape index (κ1) is 14.4. The van der Waals surface area contributed by atoms with Gasteiger partial charge in [-0.3, -0.25) is 4.79 Å². The molecule has 1 aromatic rings. The number of halogens is 1. The average molecular weight is 297 g/mol. The minimum Gasteiger partial charge on any atom is -0.299 e. The van der Waals surface area contributed by atoms with Crippen molar-refractivity contribution in [3.05, 3.63) is 35.4 Å². The van der Waals surface area contributed by atoms with E-state index in [9.17, 15) is 4.79 Å². The summed E-state index contributed by atoms with van der Waals surface area (Å²) in [7, 11) is 0. The van der Waals surface area contributed by atoms with Crippen LogP contribution >= 0.6 is 15.9 Å². The first-order chi connectivity index (χ1) is 8.00. The molecule has 94 valence electrons. The molecule has 0 aliphatic rings. The molecule has 0 aromatic heterocycles. The van der Waals surface area contributed by atoms with Crippen molar-refractivity contribution in [2.45, 2.75) is 45.4 Å². The fourth-order valence-corrected chi connectivity index (χ4v) is 2.41. The van der Waals surface area contributed by atoms with Crippen LogP contribution in [-0.4, -0.2) is 11.1 Å². The predicted molar refractivity (Wildman–Crippen MR) is 76.9 cm³/mol. The Morgan fingerprint density at radius 1 is 1.24 bits per heavy atom. The standard InChI is InChI=1S/C15H21BrO/c1-12-6-8-14(9-7-12)15(3,13(2)17)10-4-5-11-16/h6-9H,4-5,10-11H2,1-3H3. The predicted octanol–water partition coefficient (Wildman–Crippen LogP) is 4.41. The van der Waals surface area contributed by atoms with Crippen LogP contribution in [0.3, 0.4) is 0 Å². The summed E-state index contributed by atoms with van der Waals surface area (Å²) in [6, 6.07) is 8.34. The molecule has 1 rings (SSSR count). The molecule has 17 heavy (non-hydrogen) atoms. The van der Waals surface area contributed by atoms with E-state index in [1.165, 1.54) is 5.56 Å². The quantitative estimate of drug-likeness (QED) is 0.561. The average Bonchev–Trinajstić information content (AvgIpc) is 2.29. The Hall–Kier alpha value is -0.630. The third-order valence-electron chi connectivity index (χ3n) is 3.53. The Bertz CT molecular complexity index is 369. The molecule has 1 atom stereocenters. The van der Waals surface area contributed by atoms with Gasteiger partial charge in [-0.25, -0.2) is 0 Å². The summed E-state index contributed by atoms with van der Waals surface area (Å²) in [5, 5.41) is 1.01. The number of ketones is 1. The fraction of sp³-hybridized carbons (Fsp3) is 0.533. The van der Waals surface area contributed by atoms with Crippen molar-refractivity contribution >= 4 is 21.7 Å². The Labute approximate surface area is 113 Å². The van der Waals surface area contributed by atoms with E-state index in [-0.39, 0.29) is 11.2 Å². The number of benzene rings is 1. The maximum Gasteiger partial charge on any atom is 0.140 e. The van der Waals surface area contributed by atoms with E-state index in [1.54, 1.807) is 6.92 Å². The zero-order chi connectivity index (χ0) is 12.9. The second kappa shape index (κ2) is 6.34. The molecule has 1 aromatic carbocycles. The topological polar surface area (TPSA) is 17.1 Å². The van der Waals surface area contributed by atoms with Crippen LogP contribution in [0.2, 0.25) is 0 Å².